The second-order valence-electron chi connectivity index (χ2n) is 6.60. The molecule has 1 saturated heterocycles. The number of nitrogens with one attached hydrogen (secondary N) is 1. The molecule has 1 saturated carbocycles. The lowest BCUT2D eigenvalue weighted by Crippen LogP contribution is -2.47. The lowest BCUT2D eigenvalue weighted by atomic mass is 9.69. The van der Waals surface area contributed by atoms with Crippen LogP contribution in [0.2, 0.25) is 0 Å². The van der Waals surface area contributed by atoms with Gasteiger partial charge in [-0.15, -0.1) is 0 Å². The Bertz CT molecular complexity index is 316. The molecule has 0 radical (unpaired) electrons. The maximum atomic E-state index is 12.1. The summed E-state index contributed by atoms with van der Waals surface area (Å²) in [6.07, 6.45) is 8.00. The summed E-state index contributed by atoms with van der Waals surface area (Å²) in [6, 6.07) is 0.438. The molecule has 0 spiro atoms. The third-order valence-electron chi connectivity index (χ3n) is 5.03. The van der Waals surface area contributed by atoms with Crippen molar-refractivity contribution in [2.24, 2.45) is 5.41 Å². The molecule has 0 bridgehead atoms. The van der Waals surface area contributed by atoms with Gasteiger partial charge >= 0.3 is 0 Å². The number of ether oxygens (including phenoxy) is 1. The maximum Gasteiger partial charge on any atom is 0.221 e. The summed E-state index contributed by atoms with van der Waals surface area (Å²) in [5.74, 6) is 0.214. The number of nitrogens with zero attached hydrogens (tertiary/aromatic N) is 1. The smallest absolute Gasteiger partial charge is 0.221 e. The zero-order valence-electron chi connectivity index (χ0n) is 13.1. The summed E-state index contributed by atoms with van der Waals surface area (Å²) in [5, 5.41) is 3.16. The van der Waals surface area contributed by atoms with Gasteiger partial charge in [0.2, 0.25) is 5.91 Å². The fraction of sp³-hybridized carbons (Fsp3) is 0.938. The van der Waals surface area contributed by atoms with Crippen LogP contribution in [0, 0.1) is 5.41 Å². The fourth-order valence-corrected chi connectivity index (χ4v) is 3.34. The van der Waals surface area contributed by atoms with E-state index in [-0.39, 0.29) is 11.3 Å². The first-order valence-corrected chi connectivity index (χ1v) is 8.20. The highest BCUT2D eigenvalue weighted by Gasteiger charge is 2.37. The van der Waals surface area contributed by atoms with Gasteiger partial charge in [-0.25, -0.2) is 0 Å². The SMILES string of the molecule is CCOCC1(CNC(=O)C[C@H]2CCCCN2C)CCC1. The van der Waals surface area contributed by atoms with E-state index in [2.05, 4.69) is 17.3 Å². The largest absolute Gasteiger partial charge is 0.381 e. The van der Waals surface area contributed by atoms with Crippen molar-refractivity contribution < 1.29 is 9.53 Å². The van der Waals surface area contributed by atoms with Crippen LogP contribution < -0.4 is 5.32 Å². The molecule has 4 nitrogen and oxygen atoms in total. The summed E-state index contributed by atoms with van der Waals surface area (Å²) in [6.45, 7) is 5.52. The van der Waals surface area contributed by atoms with Crippen molar-refractivity contribution in [1.29, 1.82) is 0 Å². The Morgan fingerprint density at radius 1 is 1.35 bits per heavy atom. The summed E-state index contributed by atoms with van der Waals surface area (Å²) in [7, 11) is 2.14. The highest BCUT2D eigenvalue weighted by atomic mass is 16.5. The van der Waals surface area contributed by atoms with E-state index < -0.39 is 0 Å². The summed E-state index contributed by atoms with van der Waals surface area (Å²) in [4.78, 5) is 14.5. The molecule has 116 valence electrons. The molecule has 0 unspecified atom stereocenters. The van der Waals surface area contributed by atoms with E-state index in [1.54, 1.807) is 0 Å². The Balaban J connectivity index is 1.71. The van der Waals surface area contributed by atoms with Gasteiger partial charge in [0.05, 0.1) is 6.61 Å². The van der Waals surface area contributed by atoms with Gasteiger partial charge in [-0.1, -0.05) is 12.8 Å². The van der Waals surface area contributed by atoms with E-state index in [1.807, 2.05) is 6.92 Å². The van der Waals surface area contributed by atoms with E-state index >= 15 is 0 Å². The summed E-state index contributed by atoms with van der Waals surface area (Å²) in [5.41, 5.74) is 0.226. The number of hydrogen-bond acceptors (Lipinski definition) is 3. The first-order chi connectivity index (χ1) is 9.65. The van der Waals surface area contributed by atoms with Gasteiger partial charge in [-0.05, 0) is 46.2 Å². The monoisotopic (exact) mass is 282 g/mol. The van der Waals surface area contributed by atoms with Gasteiger partial charge in [-0.2, -0.15) is 0 Å². The van der Waals surface area contributed by atoms with Crippen LogP contribution in [0.15, 0.2) is 0 Å². The number of rotatable bonds is 7. The van der Waals surface area contributed by atoms with Crippen LogP contribution in [0.1, 0.15) is 51.9 Å². The zero-order chi connectivity index (χ0) is 14.4. The number of carbonyl (C=O) groups excluding carboxylic acids is 1. The molecule has 1 atom stereocenters. The lowest BCUT2D eigenvalue weighted by Gasteiger charge is -2.41. The summed E-state index contributed by atoms with van der Waals surface area (Å²) >= 11 is 0. The molecule has 20 heavy (non-hydrogen) atoms. The van der Waals surface area contributed by atoms with Gasteiger partial charge in [0.15, 0.2) is 0 Å². The molecule has 1 N–H and O–H groups in total. The Labute approximate surface area is 123 Å². The van der Waals surface area contributed by atoms with Crippen molar-refractivity contribution >= 4 is 5.91 Å². The quantitative estimate of drug-likeness (QED) is 0.778. The zero-order valence-corrected chi connectivity index (χ0v) is 13.1. The Hall–Kier alpha value is -0.610. The highest BCUT2D eigenvalue weighted by Crippen LogP contribution is 2.40. The number of piperidine rings is 1. The lowest BCUT2D eigenvalue weighted by molar-refractivity contribution is -0.123. The minimum atomic E-state index is 0.214. The van der Waals surface area contributed by atoms with E-state index in [0.29, 0.717) is 12.5 Å². The molecule has 0 aromatic rings. The molecule has 2 rings (SSSR count). The van der Waals surface area contributed by atoms with E-state index in [4.69, 9.17) is 4.74 Å². The van der Waals surface area contributed by atoms with Crippen molar-refractivity contribution in [3.05, 3.63) is 0 Å². The molecule has 0 aromatic heterocycles. The number of likely N-dealkylation sites (tertiary alicyclic amines) is 1. The van der Waals surface area contributed by atoms with E-state index in [0.717, 1.165) is 32.7 Å². The van der Waals surface area contributed by atoms with Crippen molar-refractivity contribution in [3.63, 3.8) is 0 Å². The maximum absolute atomic E-state index is 12.1. The van der Waals surface area contributed by atoms with Crippen molar-refractivity contribution in [2.45, 2.75) is 57.9 Å². The average molecular weight is 282 g/mol. The predicted molar refractivity (Wildman–Crippen MR) is 80.7 cm³/mol. The van der Waals surface area contributed by atoms with Gasteiger partial charge in [0, 0.05) is 31.0 Å². The first-order valence-electron chi connectivity index (χ1n) is 8.20. The van der Waals surface area contributed by atoms with Crippen molar-refractivity contribution in [3.8, 4) is 0 Å². The third kappa shape index (κ3) is 4.19. The second-order valence-corrected chi connectivity index (χ2v) is 6.60. The average Bonchev–Trinajstić information content (AvgIpc) is 2.40. The molecule has 0 aromatic carbocycles. The second kappa shape index (κ2) is 7.41. The van der Waals surface area contributed by atoms with Gasteiger partial charge in [0.1, 0.15) is 0 Å². The van der Waals surface area contributed by atoms with Crippen molar-refractivity contribution in [2.75, 3.05) is 33.4 Å². The molecule has 1 aliphatic heterocycles. The molecule has 1 amide bonds. The van der Waals surface area contributed by atoms with Gasteiger partial charge in [-0.3, -0.25) is 4.79 Å². The topological polar surface area (TPSA) is 41.6 Å². The Morgan fingerprint density at radius 2 is 2.15 bits per heavy atom. The minimum absolute atomic E-state index is 0.214. The highest BCUT2D eigenvalue weighted by molar-refractivity contribution is 5.76. The third-order valence-corrected chi connectivity index (χ3v) is 5.03. The number of carbonyl (C=O) groups is 1. The Kier molecular flexibility index (Phi) is 5.85. The molecular weight excluding hydrogens is 252 g/mol. The van der Waals surface area contributed by atoms with Crippen LogP contribution in [-0.2, 0) is 9.53 Å². The van der Waals surface area contributed by atoms with Crippen LogP contribution in [0.4, 0.5) is 0 Å². The number of amides is 1. The van der Waals surface area contributed by atoms with Crippen LogP contribution in [0.25, 0.3) is 0 Å². The fourth-order valence-electron chi connectivity index (χ4n) is 3.34. The van der Waals surface area contributed by atoms with Crippen LogP contribution >= 0.6 is 0 Å². The summed E-state index contributed by atoms with van der Waals surface area (Å²) < 4.78 is 5.58. The van der Waals surface area contributed by atoms with Crippen LogP contribution in [0.5, 0.6) is 0 Å². The van der Waals surface area contributed by atoms with Gasteiger partial charge < -0.3 is 15.0 Å². The number of hydrogen-bond donors (Lipinski definition) is 1. The van der Waals surface area contributed by atoms with E-state index in [9.17, 15) is 4.79 Å². The Morgan fingerprint density at radius 3 is 2.75 bits per heavy atom. The molecule has 1 heterocycles. The molecule has 2 aliphatic rings. The molecule has 1 aliphatic carbocycles. The normalized spacial score (nSPS) is 26.0. The predicted octanol–water partition coefficient (Wildman–Crippen LogP) is 2.18. The van der Waals surface area contributed by atoms with Crippen LogP contribution in [-0.4, -0.2) is 50.2 Å². The molecular formula is C16H30N2O2. The van der Waals surface area contributed by atoms with Crippen LogP contribution in [0.3, 0.4) is 0 Å². The van der Waals surface area contributed by atoms with E-state index in [1.165, 1.54) is 32.1 Å². The molecule has 2 fully saturated rings. The molecule has 4 heteroatoms. The van der Waals surface area contributed by atoms with Crippen molar-refractivity contribution in [1.82, 2.24) is 10.2 Å². The van der Waals surface area contributed by atoms with Gasteiger partial charge in [0.25, 0.3) is 0 Å². The first kappa shape index (κ1) is 15.8. The minimum Gasteiger partial charge on any atom is -0.381 e. The standard InChI is InChI=1S/C16H30N2O2/c1-3-20-13-16(8-6-9-16)12-17-15(19)11-14-7-4-5-10-18(14)2/h14H,3-13H2,1-2H3,(H,17,19)/t14-/m1/s1.